The molecule has 2 aromatic heterocycles. The Balaban J connectivity index is 1.36. The molecule has 2 aliphatic rings. The smallest absolute Gasteiger partial charge is 0.197 e. The second kappa shape index (κ2) is 7.52. The first-order valence-electron chi connectivity index (χ1n) is 10.3. The molecule has 6 heteroatoms. The minimum absolute atomic E-state index is 0.0580. The molecule has 148 valence electrons. The van der Waals surface area contributed by atoms with E-state index in [0.29, 0.717) is 23.1 Å². The average Bonchev–Trinajstić information content (AvgIpc) is 2.76. The van der Waals surface area contributed by atoms with E-state index in [9.17, 15) is 4.79 Å². The summed E-state index contributed by atoms with van der Waals surface area (Å²) in [4.78, 5) is 29.1. The maximum atomic E-state index is 12.9. The molecule has 0 fully saturated rings. The van der Waals surface area contributed by atoms with Crippen LogP contribution in [0.5, 0.6) is 0 Å². The molecule has 0 unspecified atom stereocenters. The summed E-state index contributed by atoms with van der Waals surface area (Å²) in [5.74, 6) is 0.794. The minimum atomic E-state index is 0.0580. The zero-order valence-corrected chi connectivity index (χ0v) is 16.6. The Morgan fingerprint density at radius 1 is 1.21 bits per heavy atom. The van der Waals surface area contributed by atoms with Crippen LogP contribution in [0.3, 0.4) is 0 Å². The van der Waals surface area contributed by atoms with Crippen molar-refractivity contribution in [3.63, 3.8) is 0 Å². The van der Waals surface area contributed by atoms with Crippen LogP contribution in [0.2, 0.25) is 0 Å². The molecule has 3 aromatic rings. The Morgan fingerprint density at radius 3 is 3.00 bits per heavy atom. The first kappa shape index (κ1) is 18.2. The summed E-state index contributed by atoms with van der Waals surface area (Å²) in [6.07, 6.45) is 7.70. The van der Waals surface area contributed by atoms with E-state index in [2.05, 4.69) is 14.9 Å². The summed E-state index contributed by atoms with van der Waals surface area (Å²) in [5, 5.41) is 0.654. The fourth-order valence-corrected chi connectivity index (χ4v) is 4.16. The van der Waals surface area contributed by atoms with Gasteiger partial charge in [-0.15, -0.1) is 0 Å². The number of rotatable bonds is 3. The lowest BCUT2D eigenvalue weighted by Gasteiger charge is -2.28. The van der Waals surface area contributed by atoms with Crippen LogP contribution in [0.1, 0.15) is 47.5 Å². The van der Waals surface area contributed by atoms with Crippen LogP contribution >= 0.6 is 0 Å². The summed E-state index contributed by atoms with van der Waals surface area (Å²) < 4.78 is 5.71. The van der Waals surface area contributed by atoms with E-state index >= 15 is 0 Å². The van der Waals surface area contributed by atoms with Gasteiger partial charge in [0, 0.05) is 49.9 Å². The lowest BCUT2D eigenvalue weighted by molar-refractivity contribution is 0.240. The van der Waals surface area contributed by atoms with Gasteiger partial charge in [0.05, 0.1) is 23.1 Å². The third kappa shape index (κ3) is 3.60. The molecule has 0 amide bonds. The highest BCUT2D eigenvalue weighted by Crippen LogP contribution is 2.20. The molecular formula is C23H24N4O2. The van der Waals surface area contributed by atoms with Gasteiger partial charge in [-0.25, -0.2) is 9.97 Å². The Labute approximate surface area is 169 Å². The summed E-state index contributed by atoms with van der Waals surface area (Å²) in [7, 11) is 0. The van der Waals surface area contributed by atoms with Crippen molar-refractivity contribution < 1.29 is 4.42 Å². The Morgan fingerprint density at radius 2 is 2.14 bits per heavy atom. The first-order valence-corrected chi connectivity index (χ1v) is 10.3. The number of benzene rings is 1. The largest absolute Gasteiger partial charge is 0.464 e. The van der Waals surface area contributed by atoms with E-state index in [-0.39, 0.29) is 5.43 Å². The number of fused-ring (bicyclic) bond motifs is 2. The van der Waals surface area contributed by atoms with Crippen molar-refractivity contribution in [3.05, 3.63) is 69.1 Å². The molecule has 0 spiro atoms. The third-order valence-corrected chi connectivity index (χ3v) is 5.79. The summed E-state index contributed by atoms with van der Waals surface area (Å²) >= 11 is 0. The van der Waals surface area contributed by atoms with E-state index in [1.807, 2.05) is 31.3 Å². The van der Waals surface area contributed by atoms with Crippen LogP contribution in [0, 0.1) is 6.92 Å². The molecule has 0 atom stereocenters. The molecule has 29 heavy (non-hydrogen) atoms. The van der Waals surface area contributed by atoms with Gasteiger partial charge in [-0.3, -0.25) is 14.7 Å². The van der Waals surface area contributed by atoms with Crippen molar-refractivity contribution in [2.45, 2.75) is 45.7 Å². The van der Waals surface area contributed by atoms with Gasteiger partial charge in [0.25, 0.3) is 0 Å². The van der Waals surface area contributed by atoms with E-state index in [4.69, 9.17) is 9.40 Å². The fraction of sp³-hybridized carbons (Fsp3) is 0.391. The van der Waals surface area contributed by atoms with Crippen LogP contribution in [0.15, 0.2) is 44.9 Å². The van der Waals surface area contributed by atoms with Crippen molar-refractivity contribution >= 4 is 16.7 Å². The normalized spacial score (nSPS) is 17.2. The van der Waals surface area contributed by atoms with Gasteiger partial charge in [0.2, 0.25) is 0 Å². The number of hydrogen-bond donors (Lipinski definition) is 0. The van der Waals surface area contributed by atoms with Gasteiger partial charge in [0.15, 0.2) is 11.3 Å². The second-order valence-corrected chi connectivity index (χ2v) is 8.00. The summed E-state index contributed by atoms with van der Waals surface area (Å²) in [6.45, 7) is 5.05. The van der Waals surface area contributed by atoms with Crippen molar-refractivity contribution in [1.29, 1.82) is 0 Å². The number of aromatic nitrogens is 2. The lowest BCUT2D eigenvalue weighted by Crippen LogP contribution is -2.33. The maximum Gasteiger partial charge on any atom is 0.197 e. The minimum Gasteiger partial charge on any atom is -0.464 e. The monoisotopic (exact) mass is 388 g/mol. The molecule has 4 heterocycles. The molecule has 0 bridgehead atoms. The van der Waals surface area contributed by atoms with Crippen molar-refractivity contribution in [2.75, 3.05) is 13.1 Å². The van der Waals surface area contributed by atoms with E-state index in [1.165, 1.54) is 6.42 Å². The molecule has 2 aliphatic heterocycles. The van der Waals surface area contributed by atoms with Crippen LogP contribution in [-0.2, 0) is 19.5 Å². The van der Waals surface area contributed by atoms with Gasteiger partial charge in [-0.1, -0.05) is 11.6 Å². The van der Waals surface area contributed by atoms with Crippen LogP contribution in [-0.4, -0.2) is 33.7 Å². The maximum absolute atomic E-state index is 12.9. The van der Waals surface area contributed by atoms with Gasteiger partial charge in [-0.2, -0.15) is 0 Å². The predicted octanol–water partition coefficient (Wildman–Crippen LogP) is 3.42. The van der Waals surface area contributed by atoms with E-state index < -0.39 is 0 Å². The van der Waals surface area contributed by atoms with Crippen molar-refractivity contribution in [3.8, 4) is 0 Å². The molecule has 0 saturated heterocycles. The van der Waals surface area contributed by atoms with E-state index in [0.717, 1.165) is 67.3 Å². The summed E-state index contributed by atoms with van der Waals surface area (Å²) in [5.41, 5.74) is 5.75. The average molecular weight is 388 g/mol. The van der Waals surface area contributed by atoms with Gasteiger partial charge in [-0.05, 0) is 38.3 Å². The Kier molecular flexibility index (Phi) is 4.72. The van der Waals surface area contributed by atoms with Crippen molar-refractivity contribution in [2.24, 2.45) is 4.99 Å². The van der Waals surface area contributed by atoms with Crippen LogP contribution in [0.4, 0.5) is 0 Å². The highest BCUT2D eigenvalue weighted by Gasteiger charge is 2.21. The number of aliphatic imine (C=N–C) groups is 1. The van der Waals surface area contributed by atoms with Gasteiger partial charge in [0.1, 0.15) is 5.58 Å². The summed E-state index contributed by atoms with van der Waals surface area (Å²) in [6, 6.07) is 5.72. The van der Waals surface area contributed by atoms with Crippen LogP contribution in [0.25, 0.3) is 11.0 Å². The SMILES string of the molecule is Cc1ccc2occ(CN3CCc4nc(C5=NCCCC5)ncc4C3)c(=O)c2c1. The molecule has 6 nitrogen and oxygen atoms in total. The molecular weight excluding hydrogens is 364 g/mol. The standard InChI is InChI=1S/C23H24N4O2/c1-15-5-6-21-18(10-15)22(28)17(14-29-21)13-27-9-7-19-16(12-27)11-25-23(26-19)20-4-2-3-8-24-20/h5-6,10-11,14H,2-4,7-9,12-13H2,1H3. The fourth-order valence-electron chi connectivity index (χ4n) is 4.16. The van der Waals surface area contributed by atoms with Gasteiger partial charge < -0.3 is 4.42 Å². The first-order chi connectivity index (χ1) is 14.2. The molecule has 0 radical (unpaired) electrons. The number of hydrogen-bond acceptors (Lipinski definition) is 6. The number of nitrogens with zero attached hydrogens (tertiary/aromatic N) is 4. The quantitative estimate of drug-likeness (QED) is 0.687. The molecule has 1 aromatic carbocycles. The molecule has 0 aliphatic carbocycles. The predicted molar refractivity (Wildman–Crippen MR) is 112 cm³/mol. The third-order valence-electron chi connectivity index (χ3n) is 5.79. The van der Waals surface area contributed by atoms with Gasteiger partial charge >= 0.3 is 0 Å². The Hall–Kier alpha value is -2.86. The lowest BCUT2D eigenvalue weighted by atomic mass is 10.0. The second-order valence-electron chi connectivity index (χ2n) is 8.00. The Bertz CT molecular complexity index is 1170. The zero-order valence-electron chi connectivity index (χ0n) is 16.6. The molecule has 0 saturated carbocycles. The zero-order chi connectivity index (χ0) is 19.8. The highest BCUT2D eigenvalue weighted by molar-refractivity contribution is 5.97. The van der Waals surface area contributed by atoms with Crippen LogP contribution < -0.4 is 5.43 Å². The molecule has 5 rings (SSSR count). The van der Waals surface area contributed by atoms with Crippen molar-refractivity contribution in [1.82, 2.24) is 14.9 Å². The topological polar surface area (TPSA) is 71.6 Å². The highest BCUT2D eigenvalue weighted by atomic mass is 16.3. The van der Waals surface area contributed by atoms with E-state index in [1.54, 1.807) is 6.26 Å². The molecule has 0 N–H and O–H groups in total. The number of aryl methyl sites for hydroxylation is 1.